The molecule has 1 aromatic carbocycles. The molecule has 1 heterocycles. The highest BCUT2D eigenvalue weighted by molar-refractivity contribution is 5.78. The first-order valence-corrected chi connectivity index (χ1v) is 5.18. The number of phenolic OH excluding ortho intramolecular Hbond substituents is 1. The zero-order chi connectivity index (χ0) is 12.0. The van der Waals surface area contributed by atoms with E-state index >= 15 is 0 Å². The van der Waals surface area contributed by atoms with Gasteiger partial charge in [0.25, 0.3) is 0 Å². The highest BCUT2D eigenvalue weighted by atomic mass is 16.3. The fourth-order valence-electron chi connectivity index (χ4n) is 1.79. The molecule has 84 valence electrons. The van der Waals surface area contributed by atoms with E-state index in [0.29, 0.717) is 28.1 Å². The predicted molar refractivity (Wildman–Crippen MR) is 63.3 cm³/mol. The molecule has 0 spiro atoms. The van der Waals surface area contributed by atoms with Gasteiger partial charge in [-0.25, -0.2) is 4.98 Å². The van der Waals surface area contributed by atoms with Gasteiger partial charge < -0.3 is 9.52 Å². The molecule has 4 nitrogen and oxygen atoms in total. The van der Waals surface area contributed by atoms with E-state index in [1.165, 1.54) is 12.1 Å². The number of fused-ring (bicyclic) bond motifs is 2. The lowest BCUT2D eigenvalue weighted by Crippen LogP contribution is -2.06. The standard InChI is InChI=1S/C13H9NO3/c1-7-11(16)5-4-10-13(7)17-12-6-8(15)2-3-9(12)14-10/h2-6,15H,1H3. The van der Waals surface area contributed by atoms with Gasteiger partial charge >= 0.3 is 0 Å². The van der Waals surface area contributed by atoms with Crippen LogP contribution in [0.5, 0.6) is 5.75 Å². The maximum atomic E-state index is 11.5. The molecule has 0 saturated heterocycles. The number of nitrogens with zero attached hydrogens (tertiary/aromatic N) is 1. The molecular weight excluding hydrogens is 218 g/mol. The number of aromatic nitrogens is 1. The van der Waals surface area contributed by atoms with Crippen LogP contribution in [0.4, 0.5) is 0 Å². The molecule has 0 bridgehead atoms. The SMILES string of the molecule is Cc1c2oc3cc(O)ccc3nc-2ccc1=O. The largest absolute Gasteiger partial charge is 0.508 e. The first kappa shape index (κ1) is 9.84. The first-order chi connectivity index (χ1) is 8.15. The van der Waals surface area contributed by atoms with E-state index in [9.17, 15) is 9.90 Å². The molecule has 17 heavy (non-hydrogen) atoms. The third-order valence-electron chi connectivity index (χ3n) is 2.73. The van der Waals surface area contributed by atoms with Crippen LogP contribution in [-0.4, -0.2) is 10.1 Å². The average molecular weight is 227 g/mol. The summed E-state index contributed by atoms with van der Waals surface area (Å²) in [5.41, 5.74) is 2.20. The highest BCUT2D eigenvalue weighted by Crippen LogP contribution is 2.27. The summed E-state index contributed by atoms with van der Waals surface area (Å²) >= 11 is 0. The lowest BCUT2D eigenvalue weighted by Gasteiger charge is -2.07. The summed E-state index contributed by atoms with van der Waals surface area (Å²) in [6.45, 7) is 1.70. The van der Waals surface area contributed by atoms with E-state index in [4.69, 9.17) is 4.42 Å². The van der Waals surface area contributed by atoms with Gasteiger partial charge in [-0.15, -0.1) is 0 Å². The van der Waals surface area contributed by atoms with Gasteiger partial charge in [-0.05, 0) is 31.2 Å². The van der Waals surface area contributed by atoms with Crippen LogP contribution in [-0.2, 0) is 0 Å². The van der Waals surface area contributed by atoms with Crippen molar-refractivity contribution in [3.63, 3.8) is 0 Å². The minimum absolute atomic E-state index is 0.0810. The highest BCUT2D eigenvalue weighted by Gasteiger charge is 2.13. The number of benzene rings is 2. The second kappa shape index (κ2) is 3.31. The molecule has 0 radical (unpaired) electrons. The minimum atomic E-state index is -0.0810. The van der Waals surface area contributed by atoms with Gasteiger partial charge in [0, 0.05) is 11.6 Å². The molecule has 1 aliphatic heterocycles. The Morgan fingerprint density at radius 2 is 2.06 bits per heavy atom. The molecule has 2 aliphatic rings. The summed E-state index contributed by atoms with van der Waals surface area (Å²) in [4.78, 5) is 15.9. The molecule has 0 atom stereocenters. The quantitative estimate of drug-likeness (QED) is 0.598. The van der Waals surface area contributed by atoms with Gasteiger partial charge in [0.2, 0.25) is 0 Å². The van der Waals surface area contributed by atoms with Crippen molar-refractivity contribution in [1.29, 1.82) is 0 Å². The van der Waals surface area contributed by atoms with Gasteiger partial charge in [0.1, 0.15) is 17.0 Å². The van der Waals surface area contributed by atoms with E-state index in [-0.39, 0.29) is 11.2 Å². The van der Waals surface area contributed by atoms with Crippen molar-refractivity contribution in [1.82, 2.24) is 4.98 Å². The fourth-order valence-corrected chi connectivity index (χ4v) is 1.79. The molecule has 0 amide bonds. The normalized spacial score (nSPS) is 11.1. The third kappa shape index (κ3) is 1.45. The number of aromatic hydroxyl groups is 1. The average Bonchev–Trinajstić information content (AvgIpc) is 2.32. The van der Waals surface area contributed by atoms with Gasteiger partial charge in [0.15, 0.2) is 16.8 Å². The van der Waals surface area contributed by atoms with Crippen molar-refractivity contribution in [2.45, 2.75) is 6.92 Å². The van der Waals surface area contributed by atoms with Gasteiger partial charge in [-0.1, -0.05) is 0 Å². The Morgan fingerprint density at radius 1 is 1.24 bits per heavy atom. The zero-order valence-electron chi connectivity index (χ0n) is 9.10. The Hall–Kier alpha value is -2.36. The molecule has 3 rings (SSSR count). The van der Waals surface area contributed by atoms with Crippen molar-refractivity contribution in [2.24, 2.45) is 0 Å². The maximum Gasteiger partial charge on any atom is 0.185 e. The summed E-state index contributed by atoms with van der Waals surface area (Å²) in [5.74, 6) is 0.578. The smallest absolute Gasteiger partial charge is 0.185 e. The molecule has 0 fully saturated rings. The number of phenols is 1. The minimum Gasteiger partial charge on any atom is -0.508 e. The molecule has 1 aromatic rings. The zero-order valence-corrected chi connectivity index (χ0v) is 9.10. The second-order valence-corrected chi connectivity index (χ2v) is 3.90. The van der Waals surface area contributed by atoms with Crippen LogP contribution >= 0.6 is 0 Å². The maximum absolute atomic E-state index is 11.5. The van der Waals surface area contributed by atoms with Crippen LogP contribution in [0.25, 0.3) is 22.6 Å². The van der Waals surface area contributed by atoms with Crippen molar-refractivity contribution in [3.8, 4) is 17.2 Å². The van der Waals surface area contributed by atoms with Gasteiger partial charge in [0.05, 0.1) is 0 Å². The third-order valence-corrected chi connectivity index (χ3v) is 2.73. The molecule has 0 unspecified atom stereocenters. The Balaban J connectivity index is 2.49. The van der Waals surface area contributed by atoms with E-state index in [1.807, 2.05) is 0 Å². The fraction of sp³-hybridized carbons (Fsp3) is 0.0769. The van der Waals surface area contributed by atoms with Crippen molar-refractivity contribution >= 4 is 11.1 Å². The predicted octanol–water partition coefficient (Wildman–Crippen LogP) is 2.31. The van der Waals surface area contributed by atoms with E-state index < -0.39 is 0 Å². The van der Waals surface area contributed by atoms with Crippen LogP contribution in [0, 0.1) is 6.92 Å². The summed E-state index contributed by atoms with van der Waals surface area (Å²) in [6, 6.07) is 7.82. The van der Waals surface area contributed by atoms with Crippen molar-refractivity contribution in [3.05, 3.63) is 46.1 Å². The van der Waals surface area contributed by atoms with Crippen molar-refractivity contribution in [2.75, 3.05) is 0 Å². The summed E-state index contributed by atoms with van der Waals surface area (Å²) in [7, 11) is 0. The lowest BCUT2D eigenvalue weighted by molar-refractivity contribution is 0.474. The molecule has 0 aromatic heterocycles. The Morgan fingerprint density at radius 3 is 2.88 bits per heavy atom. The van der Waals surface area contributed by atoms with Crippen LogP contribution in [0.15, 0.2) is 39.5 Å². The van der Waals surface area contributed by atoms with Crippen molar-refractivity contribution < 1.29 is 9.52 Å². The number of hydrogen-bond acceptors (Lipinski definition) is 4. The molecule has 1 aliphatic carbocycles. The van der Waals surface area contributed by atoms with E-state index in [0.717, 1.165) is 0 Å². The van der Waals surface area contributed by atoms with Crippen LogP contribution in [0.2, 0.25) is 0 Å². The van der Waals surface area contributed by atoms with E-state index in [1.54, 1.807) is 25.1 Å². The van der Waals surface area contributed by atoms with Crippen LogP contribution in [0.1, 0.15) is 5.56 Å². The Labute approximate surface area is 96.5 Å². The second-order valence-electron chi connectivity index (χ2n) is 3.90. The topological polar surface area (TPSA) is 63.3 Å². The molecule has 4 heteroatoms. The molecule has 0 saturated carbocycles. The molecule has 1 N–H and O–H groups in total. The Kier molecular flexibility index (Phi) is 1.92. The van der Waals surface area contributed by atoms with Crippen LogP contribution in [0.3, 0.4) is 0 Å². The first-order valence-electron chi connectivity index (χ1n) is 5.18. The lowest BCUT2D eigenvalue weighted by atomic mass is 10.1. The van der Waals surface area contributed by atoms with Crippen LogP contribution < -0.4 is 5.43 Å². The molecular formula is C13H9NO3. The summed E-state index contributed by atoms with van der Waals surface area (Å²) in [5, 5.41) is 9.38. The number of hydrogen-bond donors (Lipinski definition) is 1. The Bertz CT molecular complexity index is 745. The summed E-state index contributed by atoms with van der Waals surface area (Å²) in [6.07, 6.45) is 0. The number of rotatable bonds is 0. The monoisotopic (exact) mass is 227 g/mol. The van der Waals surface area contributed by atoms with E-state index in [2.05, 4.69) is 4.98 Å². The van der Waals surface area contributed by atoms with Gasteiger partial charge in [-0.2, -0.15) is 0 Å². The van der Waals surface area contributed by atoms with Gasteiger partial charge in [-0.3, -0.25) is 4.79 Å². The summed E-state index contributed by atoms with van der Waals surface area (Å²) < 4.78 is 5.62.